The molecule has 0 aliphatic carbocycles. The van der Waals surface area contributed by atoms with Crippen molar-refractivity contribution in [1.82, 2.24) is 14.6 Å². The van der Waals surface area contributed by atoms with Gasteiger partial charge in [0.2, 0.25) is 4.96 Å². The number of thiazole rings is 1. The minimum atomic E-state index is -1.71. The lowest BCUT2D eigenvalue weighted by atomic mass is 10.2. The van der Waals surface area contributed by atoms with Gasteiger partial charge in [0.25, 0.3) is 11.9 Å². The molecule has 9 heteroatoms. The number of amides is 1. The maximum Gasteiger partial charge on any atom is 0.261 e. The smallest absolute Gasteiger partial charge is 0.261 e. The number of hydrogen-bond donors (Lipinski definition) is 1. The van der Waals surface area contributed by atoms with Crippen molar-refractivity contribution in [3.05, 3.63) is 70.9 Å². The number of carbonyl (C=O) groups is 1. The maximum absolute atomic E-state index is 13.7. The molecule has 0 fully saturated rings. The van der Waals surface area contributed by atoms with Crippen molar-refractivity contribution in [2.45, 2.75) is 0 Å². The van der Waals surface area contributed by atoms with E-state index in [0.717, 1.165) is 17.3 Å². The number of aromatic nitrogens is 3. The largest absolute Gasteiger partial charge is 0.289 e. The van der Waals surface area contributed by atoms with Crippen LogP contribution in [0.5, 0.6) is 0 Å². The monoisotopic (exact) mass is 374 g/mol. The van der Waals surface area contributed by atoms with Crippen molar-refractivity contribution in [1.29, 1.82) is 0 Å². The number of carbonyl (C=O) groups excluding carboxylic acids is 1. The van der Waals surface area contributed by atoms with Gasteiger partial charge in [0.15, 0.2) is 17.5 Å². The van der Waals surface area contributed by atoms with E-state index in [9.17, 15) is 18.0 Å². The molecule has 0 aliphatic heterocycles. The summed E-state index contributed by atoms with van der Waals surface area (Å²) in [6.07, 6.45) is 0. The van der Waals surface area contributed by atoms with Crippen molar-refractivity contribution in [2.24, 2.45) is 0 Å². The molecular formula is C17H9F3N4OS. The first-order valence-electron chi connectivity index (χ1n) is 7.39. The highest BCUT2D eigenvalue weighted by Crippen LogP contribution is 2.26. The average Bonchev–Trinajstić information content (AvgIpc) is 3.20. The van der Waals surface area contributed by atoms with E-state index in [4.69, 9.17) is 0 Å². The summed E-state index contributed by atoms with van der Waals surface area (Å²) in [7, 11) is 0. The Hall–Kier alpha value is -3.20. The topological polar surface area (TPSA) is 59.3 Å². The Labute approximate surface area is 148 Å². The molecule has 0 saturated heterocycles. The minimum absolute atomic E-state index is 0.0665. The van der Waals surface area contributed by atoms with Crippen LogP contribution in [0.2, 0.25) is 0 Å². The molecule has 4 aromatic rings. The molecule has 2 heterocycles. The van der Waals surface area contributed by atoms with Crippen LogP contribution in [0.25, 0.3) is 16.2 Å². The van der Waals surface area contributed by atoms with Gasteiger partial charge in [-0.1, -0.05) is 30.3 Å². The second kappa shape index (κ2) is 6.26. The number of halogens is 3. The molecule has 2 aromatic heterocycles. The van der Waals surface area contributed by atoms with E-state index in [2.05, 4.69) is 15.4 Å². The average molecular weight is 374 g/mol. The Morgan fingerprint density at radius 2 is 1.81 bits per heavy atom. The zero-order chi connectivity index (χ0) is 18.3. The first-order valence-corrected chi connectivity index (χ1v) is 8.27. The molecule has 0 aliphatic rings. The second-order valence-corrected chi connectivity index (χ2v) is 6.13. The molecule has 0 bridgehead atoms. The summed E-state index contributed by atoms with van der Waals surface area (Å²) in [5, 5.41) is 8.34. The fourth-order valence-corrected chi connectivity index (χ4v) is 3.24. The van der Waals surface area contributed by atoms with Crippen LogP contribution >= 0.6 is 11.3 Å². The van der Waals surface area contributed by atoms with E-state index in [0.29, 0.717) is 11.0 Å². The van der Waals surface area contributed by atoms with Gasteiger partial charge in [0.1, 0.15) is 0 Å². The highest BCUT2D eigenvalue weighted by atomic mass is 32.1. The van der Waals surface area contributed by atoms with E-state index in [-0.39, 0.29) is 5.95 Å². The lowest BCUT2D eigenvalue weighted by Crippen LogP contribution is -2.16. The van der Waals surface area contributed by atoms with Crippen molar-refractivity contribution in [3.63, 3.8) is 0 Å². The second-order valence-electron chi connectivity index (χ2n) is 5.29. The van der Waals surface area contributed by atoms with E-state index < -0.39 is 28.9 Å². The lowest BCUT2D eigenvalue weighted by molar-refractivity contribution is 0.102. The molecule has 1 amide bonds. The third-order valence-corrected chi connectivity index (χ3v) is 4.47. The molecule has 0 unspecified atom stereocenters. The van der Waals surface area contributed by atoms with Crippen LogP contribution < -0.4 is 5.32 Å². The first-order chi connectivity index (χ1) is 12.5. The van der Waals surface area contributed by atoms with Crippen LogP contribution in [0, 0.1) is 17.5 Å². The van der Waals surface area contributed by atoms with Crippen LogP contribution in [0.4, 0.5) is 19.1 Å². The van der Waals surface area contributed by atoms with Crippen molar-refractivity contribution in [2.75, 3.05) is 5.32 Å². The number of anilines is 1. The molecule has 130 valence electrons. The van der Waals surface area contributed by atoms with Crippen LogP contribution in [0.15, 0.2) is 47.8 Å². The molecule has 0 saturated carbocycles. The van der Waals surface area contributed by atoms with E-state index >= 15 is 0 Å². The highest BCUT2D eigenvalue weighted by Gasteiger charge is 2.20. The number of nitrogens with zero attached hydrogens (tertiary/aromatic N) is 3. The Kier molecular flexibility index (Phi) is 3.92. The number of hydrogen-bond acceptors (Lipinski definition) is 4. The van der Waals surface area contributed by atoms with E-state index in [1.807, 2.05) is 35.7 Å². The molecular weight excluding hydrogens is 365 g/mol. The summed E-state index contributed by atoms with van der Waals surface area (Å²) in [6.45, 7) is 0. The van der Waals surface area contributed by atoms with Gasteiger partial charge in [-0.3, -0.25) is 10.1 Å². The number of rotatable bonds is 3. The standard InChI is InChI=1S/C17H9F3N4OS/c18-11-7-6-10(13(19)14(11)20)15(25)21-16-22-17-24(23-16)12(8-26-17)9-4-2-1-3-5-9/h1-8H,(H,21,23,25). The van der Waals surface area contributed by atoms with Gasteiger partial charge in [-0.15, -0.1) is 16.4 Å². The van der Waals surface area contributed by atoms with Gasteiger partial charge >= 0.3 is 0 Å². The number of nitrogens with one attached hydrogen (secondary N) is 1. The van der Waals surface area contributed by atoms with Crippen LogP contribution in [-0.4, -0.2) is 20.5 Å². The first kappa shape index (κ1) is 16.3. The van der Waals surface area contributed by atoms with Gasteiger partial charge in [0.05, 0.1) is 11.3 Å². The summed E-state index contributed by atoms with van der Waals surface area (Å²) in [4.78, 5) is 16.8. The quantitative estimate of drug-likeness (QED) is 0.549. The molecule has 0 spiro atoms. The normalized spacial score (nSPS) is 11.0. The van der Waals surface area contributed by atoms with E-state index in [1.165, 1.54) is 15.9 Å². The van der Waals surface area contributed by atoms with Crippen LogP contribution in [-0.2, 0) is 0 Å². The number of benzene rings is 2. The van der Waals surface area contributed by atoms with Crippen LogP contribution in [0.3, 0.4) is 0 Å². The third-order valence-electron chi connectivity index (χ3n) is 3.66. The predicted octanol–water partition coefficient (Wildman–Crippen LogP) is 4.13. The van der Waals surface area contributed by atoms with Crippen LogP contribution in [0.1, 0.15) is 10.4 Å². The van der Waals surface area contributed by atoms with Gasteiger partial charge < -0.3 is 0 Å². The lowest BCUT2D eigenvalue weighted by Gasteiger charge is -2.04. The van der Waals surface area contributed by atoms with Gasteiger partial charge in [-0.25, -0.2) is 17.7 Å². The van der Waals surface area contributed by atoms with Crippen molar-refractivity contribution in [3.8, 4) is 11.3 Å². The zero-order valence-corrected chi connectivity index (χ0v) is 13.7. The van der Waals surface area contributed by atoms with Gasteiger partial charge in [-0.05, 0) is 12.1 Å². The summed E-state index contributed by atoms with van der Waals surface area (Å²) in [6, 6.07) is 11.0. The summed E-state index contributed by atoms with van der Waals surface area (Å²) in [5.74, 6) is -5.67. The van der Waals surface area contributed by atoms with Crippen molar-refractivity contribution < 1.29 is 18.0 Å². The molecule has 26 heavy (non-hydrogen) atoms. The minimum Gasteiger partial charge on any atom is -0.289 e. The van der Waals surface area contributed by atoms with Crippen molar-refractivity contribution >= 4 is 28.2 Å². The van der Waals surface area contributed by atoms with Gasteiger partial charge in [0, 0.05) is 10.9 Å². The Balaban J connectivity index is 1.65. The molecule has 1 N–H and O–H groups in total. The third kappa shape index (κ3) is 2.72. The Morgan fingerprint density at radius 3 is 2.58 bits per heavy atom. The van der Waals surface area contributed by atoms with E-state index in [1.54, 1.807) is 0 Å². The summed E-state index contributed by atoms with van der Waals surface area (Å²) >= 11 is 1.31. The van der Waals surface area contributed by atoms with Gasteiger partial charge in [-0.2, -0.15) is 4.98 Å². The zero-order valence-electron chi connectivity index (χ0n) is 12.9. The highest BCUT2D eigenvalue weighted by molar-refractivity contribution is 7.15. The molecule has 0 radical (unpaired) electrons. The molecule has 4 rings (SSSR count). The fraction of sp³-hybridized carbons (Fsp3) is 0. The Morgan fingerprint density at radius 1 is 1.04 bits per heavy atom. The molecule has 0 atom stereocenters. The fourth-order valence-electron chi connectivity index (χ4n) is 2.41. The maximum atomic E-state index is 13.7. The summed E-state index contributed by atoms with van der Waals surface area (Å²) in [5.41, 5.74) is 1.05. The summed E-state index contributed by atoms with van der Waals surface area (Å²) < 4.78 is 41.5. The molecule has 2 aromatic carbocycles. The SMILES string of the molecule is O=C(Nc1nc2scc(-c3ccccc3)n2n1)c1ccc(F)c(F)c1F. The molecule has 5 nitrogen and oxygen atoms in total. The predicted molar refractivity (Wildman–Crippen MR) is 90.6 cm³/mol. The Bertz CT molecular complexity index is 1120. The number of fused-ring (bicyclic) bond motifs is 1.